The maximum atomic E-state index is 5.45. The van der Waals surface area contributed by atoms with Gasteiger partial charge in [0.1, 0.15) is 0 Å². The molecule has 0 N–H and O–H groups in total. The van der Waals surface area contributed by atoms with Gasteiger partial charge in [-0.05, 0) is 32.9 Å². The van der Waals surface area contributed by atoms with Crippen LogP contribution in [-0.4, -0.2) is 31.1 Å². The summed E-state index contributed by atoms with van der Waals surface area (Å²) in [5.41, 5.74) is 0. The number of allylic oxidation sites excluding steroid dienone is 1. The normalized spacial score (nSPS) is 24.3. The molecule has 1 unspecified atom stereocenters. The lowest BCUT2D eigenvalue weighted by molar-refractivity contribution is 0.101. The van der Waals surface area contributed by atoms with Crippen LogP contribution in [0.25, 0.3) is 0 Å². The first-order chi connectivity index (χ1) is 6.22. The highest BCUT2D eigenvalue weighted by Crippen LogP contribution is 2.16. The van der Waals surface area contributed by atoms with E-state index < -0.39 is 0 Å². The van der Waals surface area contributed by atoms with E-state index in [2.05, 4.69) is 18.4 Å². The van der Waals surface area contributed by atoms with Gasteiger partial charge in [0.25, 0.3) is 0 Å². The molecule has 1 fully saturated rings. The van der Waals surface area contributed by atoms with E-state index in [0.717, 1.165) is 12.4 Å². The van der Waals surface area contributed by atoms with E-state index in [9.17, 15) is 0 Å². The third-order valence-corrected chi connectivity index (χ3v) is 2.62. The molecule has 1 atom stereocenters. The van der Waals surface area contributed by atoms with Gasteiger partial charge in [0.15, 0.2) is 0 Å². The average molecular weight is 183 g/mol. The number of rotatable bonds is 4. The second-order valence-electron chi connectivity index (χ2n) is 3.91. The molecule has 1 saturated heterocycles. The lowest BCUT2D eigenvalue weighted by atomic mass is 9.99. The van der Waals surface area contributed by atoms with Crippen LogP contribution in [0.5, 0.6) is 0 Å². The maximum absolute atomic E-state index is 5.45. The molecule has 0 aromatic heterocycles. The molecule has 0 saturated carbocycles. The number of nitrogens with zero attached hydrogens (tertiary/aromatic N) is 1. The van der Waals surface area contributed by atoms with Crippen molar-refractivity contribution in [1.29, 1.82) is 0 Å². The first-order valence-corrected chi connectivity index (χ1v) is 5.23. The molecule has 0 spiro atoms. The fourth-order valence-corrected chi connectivity index (χ4v) is 1.83. The Kier molecular flexibility index (Phi) is 4.29. The van der Waals surface area contributed by atoms with Crippen LogP contribution in [0.4, 0.5) is 0 Å². The van der Waals surface area contributed by atoms with Crippen LogP contribution in [0.2, 0.25) is 0 Å². The minimum Gasteiger partial charge on any atom is -0.499 e. The highest BCUT2D eigenvalue weighted by molar-refractivity contribution is 4.77. The molecule has 13 heavy (non-hydrogen) atoms. The number of ether oxygens (including phenoxy) is 1. The summed E-state index contributed by atoms with van der Waals surface area (Å²) in [6.07, 6.45) is 2.63. The Hall–Kier alpha value is -0.500. The molecule has 1 aliphatic rings. The zero-order chi connectivity index (χ0) is 9.68. The Balaban J connectivity index is 2.21. The van der Waals surface area contributed by atoms with Crippen molar-refractivity contribution in [3.63, 3.8) is 0 Å². The van der Waals surface area contributed by atoms with Crippen LogP contribution in [0, 0.1) is 5.92 Å². The Labute approximate surface area is 81.6 Å². The zero-order valence-corrected chi connectivity index (χ0v) is 8.88. The van der Waals surface area contributed by atoms with Gasteiger partial charge in [0.2, 0.25) is 0 Å². The minimum absolute atomic E-state index is 0.713. The van der Waals surface area contributed by atoms with Crippen molar-refractivity contribution >= 4 is 0 Å². The average Bonchev–Trinajstić information content (AvgIpc) is 2.15. The fourth-order valence-electron chi connectivity index (χ4n) is 1.83. The van der Waals surface area contributed by atoms with Crippen LogP contribution >= 0.6 is 0 Å². The summed E-state index contributed by atoms with van der Waals surface area (Å²) in [5, 5.41) is 0. The van der Waals surface area contributed by atoms with E-state index in [1.165, 1.54) is 32.5 Å². The molecule has 1 heterocycles. The van der Waals surface area contributed by atoms with Gasteiger partial charge in [0, 0.05) is 12.5 Å². The van der Waals surface area contributed by atoms with Crippen LogP contribution in [0.3, 0.4) is 0 Å². The Bertz CT molecular complexity index is 167. The summed E-state index contributed by atoms with van der Waals surface area (Å²) in [5.74, 6) is 1.55. The zero-order valence-electron chi connectivity index (χ0n) is 8.88. The maximum Gasteiger partial charge on any atom is 0.0917 e. The van der Waals surface area contributed by atoms with Gasteiger partial charge >= 0.3 is 0 Å². The van der Waals surface area contributed by atoms with Crippen molar-refractivity contribution in [3.8, 4) is 0 Å². The molecule has 0 aromatic carbocycles. The quantitative estimate of drug-likeness (QED) is 0.620. The third kappa shape index (κ3) is 3.81. The van der Waals surface area contributed by atoms with Gasteiger partial charge in [-0.1, -0.05) is 13.5 Å². The number of hydrogen-bond acceptors (Lipinski definition) is 2. The molecule has 0 radical (unpaired) electrons. The molecular formula is C11H21NO. The molecule has 2 nitrogen and oxygen atoms in total. The SMILES string of the molecule is C=C(C)OCC1CCCN(CC)C1. The van der Waals surface area contributed by atoms with E-state index in [-0.39, 0.29) is 0 Å². The number of hydrogen-bond donors (Lipinski definition) is 0. The van der Waals surface area contributed by atoms with Gasteiger partial charge in [-0.2, -0.15) is 0 Å². The van der Waals surface area contributed by atoms with Gasteiger partial charge in [-0.15, -0.1) is 0 Å². The van der Waals surface area contributed by atoms with Crippen molar-refractivity contribution in [2.24, 2.45) is 5.92 Å². The van der Waals surface area contributed by atoms with E-state index in [1.807, 2.05) is 6.92 Å². The van der Waals surface area contributed by atoms with Crippen LogP contribution in [-0.2, 0) is 4.74 Å². The van der Waals surface area contributed by atoms with Crippen LogP contribution in [0.1, 0.15) is 26.7 Å². The van der Waals surface area contributed by atoms with Crippen molar-refractivity contribution in [1.82, 2.24) is 4.90 Å². The van der Waals surface area contributed by atoms with Crippen molar-refractivity contribution < 1.29 is 4.74 Å². The molecule has 0 aliphatic carbocycles. The van der Waals surface area contributed by atoms with Crippen LogP contribution < -0.4 is 0 Å². The largest absolute Gasteiger partial charge is 0.499 e. The predicted molar refractivity (Wildman–Crippen MR) is 55.6 cm³/mol. The van der Waals surface area contributed by atoms with Crippen LogP contribution in [0.15, 0.2) is 12.3 Å². The van der Waals surface area contributed by atoms with E-state index in [1.54, 1.807) is 0 Å². The van der Waals surface area contributed by atoms with Gasteiger partial charge in [0.05, 0.1) is 12.4 Å². The minimum atomic E-state index is 0.713. The van der Waals surface area contributed by atoms with E-state index in [0.29, 0.717) is 5.92 Å². The lowest BCUT2D eigenvalue weighted by Gasteiger charge is -2.31. The fraction of sp³-hybridized carbons (Fsp3) is 0.818. The second kappa shape index (κ2) is 5.28. The second-order valence-corrected chi connectivity index (χ2v) is 3.91. The topological polar surface area (TPSA) is 12.5 Å². The monoisotopic (exact) mass is 183 g/mol. The van der Waals surface area contributed by atoms with E-state index in [4.69, 9.17) is 4.74 Å². The highest BCUT2D eigenvalue weighted by atomic mass is 16.5. The molecule has 0 bridgehead atoms. The first kappa shape index (κ1) is 10.6. The Morgan fingerprint density at radius 2 is 2.38 bits per heavy atom. The highest BCUT2D eigenvalue weighted by Gasteiger charge is 2.18. The van der Waals surface area contributed by atoms with Crippen molar-refractivity contribution in [2.45, 2.75) is 26.7 Å². The molecule has 1 rings (SSSR count). The summed E-state index contributed by atoms with van der Waals surface area (Å²) in [6.45, 7) is 12.4. The van der Waals surface area contributed by atoms with Crippen molar-refractivity contribution in [3.05, 3.63) is 12.3 Å². The molecule has 76 valence electrons. The first-order valence-electron chi connectivity index (χ1n) is 5.23. The summed E-state index contributed by atoms with van der Waals surface area (Å²) in [4.78, 5) is 2.50. The van der Waals surface area contributed by atoms with Crippen molar-refractivity contribution in [2.75, 3.05) is 26.2 Å². The number of likely N-dealkylation sites (tertiary alicyclic amines) is 1. The summed E-state index contributed by atoms with van der Waals surface area (Å²) in [6, 6.07) is 0. The summed E-state index contributed by atoms with van der Waals surface area (Å²) < 4.78 is 5.45. The molecule has 2 heteroatoms. The van der Waals surface area contributed by atoms with Gasteiger partial charge in [-0.25, -0.2) is 0 Å². The Morgan fingerprint density at radius 3 is 3.00 bits per heavy atom. The predicted octanol–water partition coefficient (Wildman–Crippen LogP) is 2.27. The molecular weight excluding hydrogens is 162 g/mol. The lowest BCUT2D eigenvalue weighted by Crippen LogP contribution is -2.36. The standard InChI is InChI=1S/C11H21NO/c1-4-12-7-5-6-11(8-12)9-13-10(2)3/h11H,2,4-9H2,1,3H3. The molecule has 0 amide bonds. The summed E-state index contributed by atoms with van der Waals surface area (Å²) >= 11 is 0. The van der Waals surface area contributed by atoms with Gasteiger partial charge in [-0.3, -0.25) is 0 Å². The Morgan fingerprint density at radius 1 is 1.62 bits per heavy atom. The smallest absolute Gasteiger partial charge is 0.0917 e. The summed E-state index contributed by atoms with van der Waals surface area (Å²) in [7, 11) is 0. The third-order valence-electron chi connectivity index (χ3n) is 2.62. The van der Waals surface area contributed by atoms with E-state index >= 15 is 0 Å². The molecule has 0 aromatic rings. The molecule has 1 aliphatic heterocycles. The number of piperidine rings is 1. The van der Waals surface area contributed by atoms with Gasteiger partial charge < -0.3 is 9.64 Å².